The Morgan fingerprint density at radius 2 is 1.71 bits per heavy atom. The Balaban J connectivity index is 2.32. The summed E-state index contributed by atoms with van der Waals surface area (Å²) >= 11 is 11.9. The Kier molecular flexibility index (Phi) is 6.41. The van der Waals surface area contributed by atoms with Gasteiger partial charge in [0.15, 0.2) is 0 Å². The molecule has 2 N–H and O–H groups in total. The van der Waals surface area contributed by atoms with Crippen LogP contribution in [0.1, 0.15) is 17.3 Å². The fourth-order valence-electron chi connectivity index (χ4n) is 1.98. The van der Waals surface area contributed by atoms with Crippen LogP contribution in [0.5, 0.6) is 0 Å². The van der Waals surface area contributed by atoms with Crippen molar-refractivity contribution < 1.29 is 9.59 Å². The Morgan fingerprint density at radius 1 is 1.04 bits per heavy atom. The first-order valence-electron chi connectivity index (χ1n) is 7.32. The van der Waals surface area contributed by atoms with Crippen molar-refractivity contribution in [1.29, 1.82) is 0 Å². The summed E-state index contributed by atoms with van der Waals surface area (Å²) in [5.41, 5.74) is 0.947. The number of carbonyl (C=O) groups excluding carboxylic acids is 2. The quantitative estimate of drug-likeness (QED) is 0.348. The predicted octanol–water partition coefficient (Wildman–Crippen LogP) is 4.31. The first-order chi connectivity index (χ1) is 11.5. The Hall–Kier alpha value is -2.30. The number of halogens is 2. The second-order valence-corrected chi connectivity index (χ2v) is 5.72. The van der Waals surface area contributed by atoms with Crippen molar-refractivity contribution in [2.24, 2.45) is 0 Å². The minimum Gasteiger partial charge on any atom is -0.361 e. The number of likely N-dealkylation sites (N-methyl/N-ethyl adjacent to an activating group) is 1. The number of hydrogen-bond acceptors (Lipinski definition) is 3. The summed E-state index contributed by atoms with van der Waals surface area (Å²) in [6, 6.07) is 13.5. The van der Waals surface area contributed by atoms with E-state index in [0.29, 0.717) is 22.3 Å². The molecule has 0 saturated heterocycles. The first-order valence-corrected chi connectivity index (χ1v) is 8.08. The number of ketones is 1. The minimum absolute atomic E-state index is 0.0279. The number of hydrogen-bond donors (Lipinski definition) is 2. The summed E-state index contributed by atoms with van der Waals surface area (Å²) < 4.78 is 0. The molecule has 0 aromatic heterocycles. The van der Waals surface area contributed by atoms with Crippen molar-refractivity contribution >= 4 is 40.6 Å². The molecule has 0 heterocycles. The lowest BCUT2D eigenvalue weighted by atomic mass is 10.0. The van der Waals surface area contributed by atoms with Crippen molar-refractivity contribution in [3.8, 4) is 0 Å². The van der Waals surface area contributed by atoms with Crippen molar-refractivity contribution in [3.63, 3.8) is 0 Å². The molecule has 2 aromatic rings. The van der Waals surface area contributed by atoms with Gasteiger partial charge in [-0.15, -0.1) is 0 Å². The minimum atomic E-state index is -0.469. The van der Waals surface area contributed by atoms with Crippen LogP contribution in [-0.2, 0) is 4.79 Å². The summed E-state index contributed by atoms with van der Waals surface area (Å²) in [6.45, 7) is 2.19. The number of carbonyl (C=O) groups is 2. The molecule has 0 radical (unpaired) electrons. The number of amides is 1. The van der Waals surface area contributed by atoms with Crippen LogP contribution in [-0.4, -0.2) is 18.2 Å². The molecule has 0 saturated carbocycles. The van der Waals surface area contributed by atoms with Gasteiger partial charge in [-0.1, -0.05) is 35.3 Å². The SMILES string of the molecule is CCNC(=O)C(=CNc1ccc(Cl)cc1)C(=O)c1ccccc1Cl. The fourth-order valence-corrected chi connectivity index (χ4v) is 2.33. The molecule has 0 bridgehead atoms. The maximum Gasteiger partial charge on any atom is 0.256 e. The highest BCUT2D eigenvalue weighted by Gasteiger charge is 2.21. The van der Waals surface area contributed by atoms with Gasteiger partial charge in [-0.3, -0.25) is 9.59 Å². The van der Waals surface area contributed by atoms with Gasteiger partial charge in [0.05, 0.1) is 5.02 Å². The second-order valence-electron chi connectivity index (χ2n) is 4.88. The third-order valence-corrected chi connectivity index (χ3v) is 3.75. The molecule has 0 aliphatic heterocycles. The van der Waals surface area contributed by atoms with E-state index in [4.69, 9.17) is 23.2 Å². The topological polar surface area (TPSA) is 58.2 Å². The molecule has 124 valence electrons. The molecule has 0 fully saturated rings. The van der Waals surface area contributed by atoms with Crippen LogP contribution in [0.2, 0.25) is 10.0 Å². The standard InChI is InChI=1S/C18H16Cl2N2O2/c1-2-21-18(24)15(11-22-13-9-7-12(19)8-10-13)17(23)14-5-3-4-6-16(14)20/h3-11,22H,2H2,1H3,(H,21,24). The smallest absolute Gasteiger partial charge is 0.256 e. The largest absolute Gasteiger partial charge is 0.361 e. The molecule has 0 atom stereocenters. The van der Waals surface area contributed by atoms with E-state index in [1.54, 1.807) is 55.5 Å². The number of rotatable bonds is 6. The number of nitrogens with one attached hydrogen (secondary N) is 2. The lowest BCUT2D eigenvalue weighted by molar-refractivity contribution is -0.117. The number of benzene rings is 2. The van der Waals surface area contributed by atoms with Crippen molar-refractivity contribution in [1.82, 2.24) is 5.32 Å². The molecule has 1 amide bonds. The van der Waals surface area contributed by atoms with Gasteiger partial charge in [-0.2, -0.15) is 0 Å². The monoisotopic (exact) mass is 362 g/mol. The van der Waals surface area contributed by atoms with Crippen LogP contribution in [0.4, 0.5) is 5.69 Å². The molecular weight excluding hydrogens is 347 g/mol. The van der Waals surface area contributed by atoms with Gasteiger partial charge in [-0.25, -0.2) is 0 Å². The summed E-state index contributed by atoms with van der Waals surface area (Å²) in [5, 5.41) is 6.46. The van der Waals surface area contributed by atoms with E-state index in [2.05, 4.69) is 10.6 Å². The Labute approximate surface area is 150 Å². The van der Waals surface area contributed by atoms with Crippen molar-refractivity contribution in [2.45, 2.75) is 6.92 Å². The lowest BCUT2D eigenvalue weighted by Crippen LogP contribution is -2.29. The molecule has 0 unspecified atom stereocenters. The third-order valence-electron chi connectivity index (χ3n) is 3.17. The van der Waals surface area contributed by atoms with Crippen molar-refractivity contribution in [3.05, 3.63) is 75.9 Å². The molecule has 24 heavy (non-hydrogen) atoms. The molecule has 0 aliphatic rings. The van der Waals surface area contributed by atoms with Crippen LogP contribution in [0.25, 0.3) is 0 Å². The van der Waals surface area contributed by atoms with E-state index >= 15 is 0 Å². The summed E-state index contributed by atoms with van der Waals surface area (Å²) in [7, 11) is 0. The first kappa shape index (κ1) is 18.0. The zero-order valence-electron chi connectivity index (χ0n) is 13.0. The maximum absolute atomic E-state index is 12.7. The number of anilines is 1. The van der Waals surface area contributed by atoms with E-state index in [1.807, 2.05) is 0 Å². The maximum atomic E-state index is 12.7. The molecule has 0 spiro atoms. The Morgan fingerprint density at radius 3 is 2.33 bits per heavy atom. The van der Waals surface area contributed by atoms with Gasteiger partial charge in [0.25, 0.3) is 5.91 Å². The molecular formula is C18H16Cl2N2O2. The zero-order chi connectivity index (χ0) is 17.5. The van der Waals surface area contributed by atoms with E-state index in [1.165, 1.54) is 6.20 Å². The average molecular weight is 363 g/mol. The van der Waals surface area contributed by atoms with Gasteiger partial charge in [0.2, 0.25) is 5.78 Å². The molecule has 0 aliphatic carbocycles. The highest BCUT2D eigenvalue weighted by molar-refractivity contribution is 6.37. The fraction of sp³-hybridized carbons (Fsp3) is 0.111. The highest BCUT2D eigenvalue weighted by atomic mass is 35.5. The third kappa shape index (κ3) is 4.60. The Bertz CT molecular complexity index is 771. The highest BCUT2D eigenvalue weighted by Crippen LogP contribution is 2.20. The summed E-state index contributed by atoms with van der Waals surface area (Å²) in [5.74, 6) is -0.920. The molecule has 4 nitrogen and oxygen atoms in total. The van der Waals surface area contributed by atoms with Crippen LogP contribution >= 0.6 is 23.2 Å². The van der Waals surface area contributed by atoms with E-state index in [0.717, 1.165) is 0 Å². The normalized spacial score (nSPS) is 11.0. The summed E-state index contributed by atoms with van der Waals surface area (Å²) in [4.78, 5) is 24.9. The number of Topliss-reactive ketones (excluding diaryl/α,β-unsaturated/α-hetero) is 1. The van der Waals surface area contributed by atoms with E-state index < -0.39 is 11.7 Å². The lowest BCUT2D eigenvalue weighted by Gasteiger charge is -2.09. The molecule has 2 rings (SSSR count). The van der Waals surface area contributed by atoms with Crippen LogP contribution in [0.15, 0.2) is 60.3 Å². The van der Waals surface area contributed by atoms with Gasteiger partial charge in [0.1, 0.15) is 5.57 Å². The molecule has 6 heteroatoms. The average Bonchev–Trinajstić information content (AvgIpc) is 2.57. The van der Waals surface area contributed by atoms with Crippen LogP contribution in [0, 0.1) is 0 Å². The van der Waals surface area contributed by atoms with Gasteiger partial charge < -0.3 is 10.6 Å². The molecule has 2 aromatic carbocycles. The van der Waals surface area contributed by atoms with E-state index in [9.17, 15) is 9.59 Å². The van der Waals surface area contributed by atoms with Gasteiger partial charge in [0, 0.05) is 29.0 Å². The van der Waals surface area contributed by atoms with Crippen molar-refractivity contribution in [2.75, 3.05) is 11.9 Å². The zero-order valence-corrected chi connectivity index (χ0v) is 14.5. The summed E-state index contributed by atoms with van der Waals surface area (Å²) in [6.07, 6.45) is 1.37. The van der Waals surface area contributed by atoms with E-state index in [-0.39, 0.29) is 11.1 Å². The van der Waals surface area contributed by atoms with Crippen LogP contribution < -0.4 is 10.6 Å². The predicted molar refractivity (Wildman–Crippen MR) is 97.6 cm³/mol. The second kappa shape index (κ2) is 8.52. The van der Waals surface area contributed by atoms with Crippen LogP contribution in [0.3, 0.4) is 0 Å². The van der Waals surface area contributed by atoms with Gasteiger partial charge >= 0.3 is 0 Å². The van der Waals surface area contributed by atoms with Gasteiger partial charge in [-0.05, 0) is 43.3 Å².